The van der Waals surface area contributed by atoms with Crippen LogP contribution in [0.1, 0.15) is 55.5 Å². The lowest BCUT2D eigenvalue weighted by atomic mass is 9.95. The van der Waals surface area contributed by atoms with Crippen LogP contribution in [-0.4, -0.2) is 0 Å². The van der Waals surface area contributed by atoms with E-state index < -0.39 is 0 Å². The Kier molecular flexibility index (Phi) is 16.7. The van der Waals surface area contributed by atoms with Crippen molar-refractivity contribution < 1.29 is 0 Å². The quantitative estimate of drug-likeness (QED) is 0.276. The van der Waals surface area contributed by atoms with Gasteiger partial charge in [-0.3, -0.25) is 0 Å². The van der Waals surface area contributed by atoms with Crippen LogP contribution in [0.4, 0.5) is 0 Å². The van der Waals surface area contributed by atoms with Crippen molar-refractivity contribution in [3.8, 4) is 11.1 Å². The van der Waals surface area contributed by atoms with Gasteiger partial charge in [-0.05, 0) is 56.9 Å². The first-order valence-electron chi connectivity index (χ1n) is 12.1. The number of aryl methyl sites for hydroxylation is 5. The van der Waals surface area contributed by atoms with E-state index in [-0.39, 0.29) is 0 Å². The smallest absolute Gasteiger partial charge is 0.0149 e. The minimum Gasteiger partial charge on any atom is -0.0683 e. The van der Waals surface area contributed by atoms with Crippen molar-refractivity contribution in [3.05, 3.63) is 131 Å². The predicted molar refractivity (Wildman–Crippen MR) is 151 cm³/mol. The van der Waals surface area contributed by atoms with Crippen LogP contribution in [-0.2, 0) is 0 Å². The van der Waals surface area contributed by atoms with Gasteiger partial charge in [-0.15, -0.1) is 0 Å². The van der Waals surface area contributed by atoms with Gasteiger partial charge < -0.3 is 0 Å². The van der Waals surface area contributed by atoms with Crippen LogP contribution in [0.5, 0.6) is 0 Å². The second-order valence-corrected chi connectivity index (χ2v) is 7.44. The molecule has 0 amide bonds. The fourth-order valence-corrected chi connectivity index (χ4v) is 2.97. The van der Waals surface area contributed by atoms with Gasteiger partial charge in [0.05, 0.1) is 0 Å². The third-order valence-corrected chi connectivity index (χ3v) is 4.71. The molecule has 0 nitrogen and oxygen atoms in total. The molecule has 0 fully saturated rings. The van der Waals surface area contributed by atoms with Crippen molar-refractivity contribution in [1.82, 2.24) is 0 Å². The number of hydrogen-bond donors (Lipinski definition) is 0. The monoisotopic (exact) mass is 440 g/mol. The molecule has 0 aliphatic rings. The van der Waals surface area contributed by atoms with E-state index in [1.807, 2.05) is 64.1 Å². The Bertz CT molecular complexity index is 945. The van der Waals surface area contributed by atoms with Crippen LogP contribution in [0.3, 0.4) is 0 Å². The first-order valence-corrected chi connectivity index (χ1v) is 12.1. The van der Waals surface area contributed by atoms with E-state index in [2.05, 4.69) is 101 Å². The summed E-state index contributed by atoms with van der Waals surface area (Å²) in [7, 11) is 0. The summed E-state index contributed by atoms with van der Waals surface area (Å²) in [5.41, 5.74) is 9.34. The minimum absolute atomic E-state index is 1.32. The molecular weight excluding hydrogens is 396 g/mol. The lowest BCUT2D eigenvalue weighted by Crippen LogP contribution is -1.87. The molecule has 4 aromatic rings. The average molecular weight is 441 g/mol. The number of benzene rings is 4. The first-order chi connectivity index (χ1) is 16.0. The van der Waals surface area contributed by atoms with E-state index in [0.29, 0.717) is 0 Å². The van der Waals surface area contributed by atoms with Gasteiger partial charge in [-0.25, -0.2) is 0 Å². The van der Waals surface area contributed by atoms with Gasteiger partial charge in [0.2, 0.25) is 0 Å². The molecule has 0 saturated heterocycles. The summed E-state index contributed by atoms with van der Waals surface area (Å²) < 4.78 is 0. The van der Waals surface area contributed by atoms with Gasteiger partial charge in [0.1, 0.15) is 0 Å². The number of hydrogen-bond acceptors (Lipinski definition) is 0. The third kappa shape index (κ3) is 12.5. The molecular formula is C33H44. The Labute approximate surface area is 204 Å². The lowest BCUT2D eigenvalue weighted by Gasteiger charge is -2.09. The summed E-state index contributed by atoms with van der Waals surface area (Å²) in [6.07, 6.45) is 0. The molecule has 0 spiro atoms. The Morgan fingerprint density at radius 2 is 0.727 bits per heavy atom. The molecule has 0 unspecified atom stereocenters. The molecule has 4 aromatic carbocycles. The van der Waals surface area contributed by atoms with Crippen LogP contribution in [0.15, 0.2) is 103 Å². The minimum atomic E-state index is 1.32. The van der Waals surface area contributed by atoms with E-state index in [1.54, 1.807) is 0 Å². The summed E-state index contributed by atoms with van der Waals surface area (Å²) >= 11 is 0. The van der Waals surface area contributed by atoms with Gasteiger partial charge in [-0.2, -0.15) is 0 Å². The molecule has 176 valence electrons. The van der Waals surface area contributed by atoms with Crippen molar-refractivity contribution in [3.63, 3.8) is 0 Å². The first kappa shape index (κ1) is 29.9. The van der Waals surface area contributed by atoms with E-state index in [4.69, 9.17) is 0 Å². The fourth-order valence-electron chi connectivity index (χ4n) is 2.97. The molecule has 0 saturated carbocycles. The van der Waals surface area contributed by atoms with Crippen LogP contribution in [0.2, 0.25) is 0 Å². The van der Waals surface area contributed by atoms with Gasteiger partial charge in [-0.1, -0.05) is 148 Å². The maximum absolute atomic E-state index is 2.26. The molecule has 33 heavy (non-hydrogen) atoms. The molecule has 0 aliphatic carbocycles. The Balaban J connectivity index is 0.000000477. The highest BCUT2D eigenvalue weighted by molar-refractivity contribution is 5.70. The predicted octanol–water partition coefficient (Wildman–Crippen LogP) is 10.3. The molecule has 0 radical (unpaired) electrons. The lowest BCUT2D eigenvalue weighted by molar-refractivity contribution is 1.37. The van der Waals surface area contributed by atoms with Crippen molar-refractivity contribution >= 4 is 0 Å². The zero-order valence-corrected chi connectivity index (χ0v) is 22.3. The summed E-state index contributed by atoms with van der Waals surface area (Å²) in [4.78, 5) is 0. The van der Waals surface area contributed by atoms with Crippen LogP contribution in [0, 0.1) is 34.6 Å². The molecule has 0 bridgehead atoms. The van der Waals surface area contributed by atoms with E-state index in [0.717, 1.165) is 0 Å². The Morgan fingerprint density at radius 1 is 0.333 bits per heavy atom. The highest BCUT2D eigenvalue weighted by atomic mass is 14.1. The highest BCUT2D eigenvalue weighted by Crippen LogP contribution is 2.27. The molecule has 0 heteroatoms. The van der Waals surface area contributed by atoms with Crippen molar-refractivity contribution in [1.29, 1.82) is 0 Å². The van der Waals surface area contributed by atoms with Crippen molar-refractivity contribution in [2.45, 2.75) is 62.3 Å². The third-order valence-electron chi connectivity index (χ3n) is 4.71. The Hall–Kier alpha value is -3.12. The summed E-state index contributed by atoms with van der Waals surface area (Å²) in [6.45, 7) is 18.6. The van der Waals surface area contributed by atoms with E-state index >= 15 is 0 Å². The fraction of sp³-hybridized carbons (Fsp3) is 0.273. The van der Waals surface area contributed by atoms with Gasteiger partial charge >= 0.3 is 0 Å². The molecule has 0 atom stereocenters. The maximum atomic E-state index is 2.26. The summed E-state index contributed by atoms with van der Waals surface area (Å²) in [5.74, 6) is 0. The molecule has 0 aromatic heterocycles. The van der Waals surface area contributed by atoms with Crippen LogP contribution in [0.25, 0.3) is 11.1 Å². The topological polar surface area (TPSA) is 0 Å². The zero-order chi connectivity index (χ0) is 25.1. The maximum Gasteiger partial charge on any atom is -0.0149 e. The molecule has 0 heterocycles. The Morgan fingerprint density at radius 3 is 1.12 bits per heavy atom. The zero-order valence-electron chi connectivity index (χ0n) is 22.3. The second kappa shape index (κ2) is 18.5. The summed E-state index contributed by atoms with van der Waals surface area (Å²) in [5, 5.41) is 0. The average Bonchev–Trinajstić information content (AvgIpc) is 2.85. The number of rotatable bonds is 1. The second-order valence-electron chi connectivity index (χ2n) is 7.44. The normalized spacial score (nSPS) is 8.76. The van der Waals surface area contributed by atoms with Crippen LogP contribution < -0.4 is 0 Å². The van der Waals surface area contributed by atoms with Crippen molar-refractivity contribution in [2.24, 2.45) is 0 Å². The van der Waals surface area contributed by atoms with Gasteiger partial charge in [0.15, 0.2) is 0 Å². The van der Waals surface area contributed by atoms with E-state index in [9.17, 15) is 0 Å². The van der Waals surface area contributed by atoms with Crippen LogP contribution >= 0.6 is 0 Å². The molecule has 0 aliphatic heterocycles. The van der Waals surface area contributed by atoms with E-state index in [1.165, 1.54) is 38.9 Å². The molecule has 4 rings (SSSR count). The SMILES string of the molecule is CC.CC.Cc1ccc(C)c(-c2ccccc2C)c1.Cc1ccccc1.Cc1ccccc1. The van der Waals surface area contributed by atoms with Crippen molar-refractivity contribution in [2.75, 3.05) is 0 Å². The highest BCUT2D eigenvalue weighted by Gasteiger charge is 2.03. The van der Waals surface area contributed by atoms with Gasteiger partial charge in [0.25, 0.3) is 0 Å². The standard InChI is InChI=1S/C15H16.2C7H8.2C2H6/c1-11-8-9-13(3)15(10-11)14-7-5-4-6-12(14)2;2*1-7-5-3-2-4-6-7;2*1-2/h4-10H,1-3H3;2*2-6H,1H3;2*1-2H3. The van der Waals surface area contributed by atoms with Gasteiger partial charge in [0, 0.05) is 0 Å². The summed E-state index contributed by atoms with van der Waals surface area (Å²) in [6, 6.07) is 35.7. The molecule has 0 N–H and O–H groups in total. The largest absolute Gasteiger partial charge is 0.0683 e.